The Morgan fingerprint density at radius 3 is 2.03 bits per heavy atom. The Morgan fingerprint density at radius 1 is 0.812 bits per heavy atom. The quantitative estimate of drug-likeness (QED) is 0.407. The molecule has 3 heteroatoms. The van der Waals surface area contributed by atoms with Crippen molar-refractivity contribution >= 4 is 0 Å². The van der Waals surface area contributed by atoms with Crippen molar-refractivity contribution in [2.45, 2.75) is 83.5 Å². The second kappa shape index (κ2) is 9.38. The molecule has 3 aliphatic carbocycles. The number of fused-ring (bicyclic) bond motifs is 3. The normalized spacial score (nSPS) is 24.0. The topological polar surface area (TPSA) is 56.8 Å². The lowest BCUT2D eigenvalue weighted by Crippen LogP contribution is -2.44. The van der Waals surface area contributed by atoms with Crippen LogP contribution in [0.2, 0.25) is 0 Å². The molecule has 0 atom stereocenters. The van der Waals surface area contributed by atoms with Gasteiger partial charge in [-0.2, -0.15) is 10.5 Å². The van der Waals surface area contributed by atoms with Gasteiger partial charge in [0.05, 0.1) is 17.7 Å². The molecule has 2 aromatic rings. The van der Waals surface area contributed by atoms with Gasteiger partial charge in [-0.3, -0.25) is 0 Å². The average Bonchev–Trinajstić information content (AvgIpc) is 2.85. The minimum Gasteiger partial charge on any atom is -0.494 e. The van der Waals surface area contributed by atoms with Gasteiger partial charge in [0, 0.05) is 5.56 Å². The van der Waals surface area contributed by atoms with Gasteiger partial charge in [-0.25, -0.2) is 0 Å². The summed E-state index contributed by atoms with van der Waals surface area (Å²) in [7, 11) is 0. The molecule has 3 aliphatic rings. The lowest BCUT2D eigenvalue weighted by molar-refractivity contribution is 0.0319. The third-order valence-corrected chi connectivity index (χ3v) is 8.11. The van der Waals surface area contributed by atoms with Gasteiger partial charge in [-0.1, -0.05) is 51.0 Å². The third kappa shape index (κ3) is 4.02. The second-order valence-electron chi connectivity index (χ2n) is 9.89. The molecule has 2 aromatic carbocycles. The van der Waals surface area contributed by atoms with E-state index >= 15 is 0 Å². The van der Waals surface area contributed by atoms with E-state index in [0.29, 0.717) is 23.1 Å². The average molecular weight is 427 g/mol. The molecule has 0 heterocycles. The van der Waals surface area contributed by atoms with Gasteiger partial charge in [0.15, 0.2) is 0 Å². The molecule has 0 amide bonds. The van der Waals surface area contributed by atoms with Crippen molar-refractivity contribution in [2.75, 3.05) is 6.61 Å². The molecule has 0 aromatic heterocycles. The lowest BCUT2D eigenvalue weighted by atomic mass is 9.50. The van der Waals surface area contributed by atoms with E-state index in [9.17, 15) is 10.5 Å². The van der Waals surface area contributed by atoms with Crippen LogP contribution < -0.4 is 4.74 Å². The van der Waals surface area contributed by atoms with Gasteiger partial charge in [0.25, 0.3) is 0 Å². The summed E-state index contributed by atoms with van der Waals surface area (Å²) in [5.41, 5.74) is 4.64. The lowest BCUT2D eigenvalue weighted by Gasteiger charge is -2.54. The molecular weight excluding hydrogens is 392 g/mol. The molecular formula is C29H34N2O. The van der Waals surface area contributed by atoms with Crippen LogP contribution in [0, 0.1) is 28.1 Å². The predicted molar refractivity (Wildman–Crippen MR) is 128 cm³/mol. The van der Waals surface area contributed by atoms with E-state index in [-0.39, 0.29) is 5.41 Å². The third-order valence-electron chi connectivity index (χ3n) is 8.11. The van der Waals surface area contributed by atoms with Crippen LogP contribution >= 0.6 is 0 Å². The largest absolute Gasteiger partial charge is 0.494 e. The first-order valence-electron chi connectivity index (χ1n) is 12.3. The number of rotatable bonds is 8. The Kier molecular flexibility index (Phi) is 6.57. The number of ether oxygens (including phenoxy) is 1. The fourth-order valence-electron chi connectivity index (χ4n) is 6.16. The SMILES string of the molecule is CCCCOc1ccc(-c2ccc(C34CCC(CCC)(CC3)CC4)c(C#N)c2C#N)cc1. The Labute approximate surface area is 193 Å². The molecule has 0 aliphatic heterocycles. The molecule has 0 unspecified atom stereocenters. The molecule has 166 valence electrons. The summed E-state index contributed by atoms with van der Waals surface area (Å²) in [6.07, 6.45) is 11.9. The fourth-order valence-corrected chi connectivity index (χ4v) is 6.16. The van der Waals surface area contributed by atoms with Crippen LogP contribution in [-0.4, -0.2) is 6.61 Å². The molecule has 32 heavy (non-hydrogen) atoms. The molecule has 2 bridgehead atoms. The number of hydrogen-bond donors (Lipinski definition) is 0. The monoisotopic (exact) mass is 426 g/mol. The standard InChI is InChI=1S/C29H34N2O/c1-3-5-19-32-23-8-6-22(7-9-23)24-10-11-27(26(21-31)25(24)20-30)29-16-13-28(12-4-2,14-17-29)15-18-29/h6-11H,3-5,12-19H2,1-2H3. The van der Waals surface area contributed by atoms with E-state index in [2.05, 4.69) is 38.1 Å². The summed E-state index contributed by atoms with van der Waals surface area (Å²) in [5, 5.41) is 20.2. The molecule has 0 N–H and O–H groups in total. The van der Waals surface area contributed by atoms with E-state index in [0.717, 1.165) is 54.5 Å². The van der Waals surface area contributed by atoms with Crippen LogP contribution in [0.25, 0.3) is 11.1 Å². The zero-order valence-electron chi connectivity index (χ0n) is 19.5. The van der Waals surface area contributed by atoms with Gasteiger partial charge in [0.2, 0.25) is 0 Å². The molecule has 3 saturated carbocycles. The molecule has 3 fully saturated rings. The van der Waals surface area contributed by atoms with Crippen molar-refractivity contribution in [3.8, 4) is 29.0 Å². The Balaban J connectivity index is 1.65. The minimum atomic E-state index is 0.0711. The van der Waals surface area contributed by atoms with Gasteiger partial charge < -0.3 is 4.74 Å². The van der Waals surface area contributed by atoms with Gasteiger partial charge in [-0.05, 0) is 85.5 Å². The van der Waals surface area contributed by atoms with E-state index < -0.39 is 0 Å². The van der Waals surface area contributed by atoms with Crippen LogP contribution in [0.15, 0.2) is 36.4 Å². The maximum Gasteiger partial charge on any atom is 0.119 e. The highest BCUT2D eigenvalue weighted by molar-refractivity contribution is 5.75. The van der Waals surface area contributed by atoms with Crippen molar-refractivity contribution in [1.29, 1.82) is 10.5 Å². The number of benzene rings is 2. The van der Waals surface area contributed by atoms with Crippen LogP contribution in [0.3, 0.4) is 0 Å². The summed E-state index contributed by atoms with van der Waals surface area (Å²) in [4.78, 5) is 0. The van der Waals surface area contributed by atoms with Crippen LogP contribution in [-0.2, 0) is 5.41 Å². The van der Waals surface area contributed by atoms with Gasteiger partial charge in [0.1, 0.15) is 17.9 Å². The predicted octanol–water partition coefficient (Wildman–Crippen LogP) is 7.67. The summed E-state index contributed by atoms with van der Waals surface area (Å²) in [5.74, 6) is 0.844. The van der Waals surface area contributed by atoms with Crippen molar-refractivity contribution in [2.24, 2.45) is 5.41 Å². The number of nitrogens with zero attached hydrogens (tertiary/aromatic N) is 2. The highest BCUT2D eigenvalue weighted by atomic mass is 16.5. The Morgan fingerprint density at radius 2 is 1.47 bits per heavy atom. The molecule has 3 nitrogen and oxygen atoms in total. The Hall–Kier alpha value is -2.78. The van der Waals surface area contributed by atoms with E-state index in [1.54, 1.807) is 0 Å². The smallest absolute Gasteiger partial charge is 0.119 e. The highest BCUT2D eigenvalue weighted by Crippen LogP contribution is 2.60. The first kappa shape index (κ1) is 22.4. The maximum absolute atomic E-state index is 10.1. The first-order chi connectivity index (χ1) is 15.6. The van der Waals surface area contributed by atoms with Gasteiger partial charge >= 0.3 is 0 Å². The van der Waals surface area contributed by atoms with Crippen molar-refractivity contribution in [3.05, 3.63) is 53.1 Å². The summed E-state index contributed by atoms with van der Waals surface area (Å²) in [6, 6.07) is 16.9. The first-order valence-corrected chi connectivity index (χ1v) is 12.3. The molecule has 5 rings (SSSR count). The summed E-state index contributed by atoms with van der Waals surface area (Å²) >= 11 is 0. The van der Waals surface area contributed by atoms with Crippen LogP contribution in [0.4, 0.5) is 0 Å². The molecule has 0 spiro atoms. The summed E-state index contributed by atoms with van der Waals surface area (Å²) < 4.78 is 5.78. The summed E-state index contributed by atoms with van der Waals surface area (Å²) in [6.45, 7) is 5.16. The van der Waals surface area contributed by atoms with E-state index in [4.69, 9.17) is 4.74 Å². The number of nitriles is 2. The Bertz CT molecular complexity index is 1010. The maximum atomic E-state index is 10.1. The van der Waals surface area contributed by atoms with Crippen molar-refractivity contribution in [1.82, 2.24) is 0 Å². The van der Waals surface area contributed by atoms with E-state index in [1.165, 1.54) is 32.1 Å². The van der Waals surface area contributed by atoms with E-state index in [1.807, 2.05) is 24.3 Å². The molecule has 0 radical (unpaired) electrons. The highest BCUT2D eigenvalue weighted by Gasteiger charge is 2.49. The second-order valence-corrected chi connectivity index (χ2v) is 9.89. The van der Waals surface area contributed by atoms with Gasteiger partial charge in [-0.15, -0.1) is 0 Å². The molecule has 0 saturated heterocycles. The van der Waals surface area contributed by atoms with Crippen LogP contribution in [0.1, 0.15) is 94.7 Å². The number of hydrogen-bond acceptors (Lipinski definition) is 3. The van der Waals surface area contributed by atoms with Crippen LogP contribution in [0.5, 0.6) is 5.75 Å². The zero-order chi connectivity index (χ0) is 22.6. The fraction of sp³-hybridized carbons (Fsp3) is 0.517. The van der Waals surface area contributed by atoms with Crippen molar-refractivity contribution in [3.63, 3.8) is 0 Å². The number of unbranched alkanes of at least 4 members (excludes halogenated alkanes) is 1. The van der Waals surface area contributed by atoms with Crippen molar-refractivity contribution < 1.29 is 4.74 Å². The minimum absolute atomic E-state index is 0.0711. The zero-order valence-corrected chi connectivity index (χ0v) is 19.5.